The molecule has 0 saturated carbocycles. The molecular weight excluding hydrogens is 326 g/mol. The van der Waals surface area contributed by atoms with E-state index in [-0.39, 0.29) is 23.0 Å². The van der Waals surface area contributed by atoms with Crippen LogP contribution in [0.2, 0.25) is 0 Å². The van der Waals surface area contributed by atoms with Crippen molar-refractivity contribution < 1.29 is 14.4 Å². The van der Waals surface area contributed by atoms with Gasteiger partial charge >= 0.3 is 0 Å². The molecule has 0 saturated heterocycles. The average molecular weight is 341 g/mol. The number of carbonyl (C=O) groups excluding carboxylic acids is 3. The fourth-order valence-corrected chi connectivity index (χ4v) is 3.12. The van der Waals surface area contributed by atoms with E-state index in [0.29, 0.717) is 28.8 Å². The van der Waals surface area contributed by atoms with E-state index in [0.717, 1.165) is 5.56 Å². The molecule has 0 aliphatic heterocycles. The van der Waals surface area contributed by atoms with Crippen molar-refractivity contribution in [2.45, 2.75) is 6.54 Å². The van der Waals surface area contributed by atoms with Gasteiger partial charge in [0.2, 0.25) is 0 Å². The van der Waals surface area contributed by atoms with E-state index in [1.54, 1.807) is 36.4 Å². The van der Waals surface area contributed by atoms with Crippen LogP contribution in [0, 0.1) is 0 Å². The van der Waals surface area contributed by atoms with Gasteiger partial charge in [0.15, 0.2) is 11.6 Å². The first-order valence-corrected chi connectivity index (χ1v) is 8.30. The number of amides is 1. The topological polar surface area (TPSA) is 63.2 Å². The van der Waals surface area contributed by atoms with Gasteiger partial charge in [-0.05, 0) is 23.8 Å². The molecule has 3 aromatic carbocycles. The first kappa shape index (κ1) is 16.0. The SMILES string of the molecule is O=C(NCc1ccccc1)c1ccc2c(c1)C(=O)c1ccccc1C2=O. The maximum absolute atomic E-state index is 12.7. The molecule has 0 bridgehead atoms. The number of fused-ring (bicyclic) bond motifs is 2. The highest BCUT2D eigenvalue weighted by Gasteiger charge is 2.29. The first-order valence-electron chi connectivity index (χ1n) is 8.30. The second kappa shape index (κ2) is 6.41. The zero-order valence-electron chi connectivity index (χ0n) is 13.9. The lowest BCUT2D eigenvalue weighted by Gasteiger charge is -2.18. The molecule has 4 nitrogen and oxygen atoms in total. The Labute approximate surface area is 150 Å². The lowest BCUT2D eigenvalue weighted by Crippen LogP contribution is -2.25. The number of benzene rings is 3. The summed E-state index contributed by atoms with van der Waals surface area (Å²) in [6.07, 6.45) is 0. The molecule has 0 fully saturated rings. The van der Waals surface area contributed by atoms with Crippen molar-refractivity contribution in [1.82, 2.24) is 5.32 Å². The molecule has 4 rings (SSSR count). The van der Waals surface area contributed by atoms with Gasteiger partial charge in [-0.1, -0.05) is 54.6 Å². The summed E-state index contributed by atoms with van der Waals surface area (Å²) >= 11 is 0. The molecule has 26 heavy (non-hydrogen) atoms. The van der Waals surface area contributed by atoms with Crippen molar-refractivity contribution in [2.24, 2.45) is 0 Å². The molecule has 4 heteroatoms. The van der Waals surface area contributed by atoms with Crippen LogP contribution in [-0.2, 0) is 6.54 Å². The standard InChI is InChI=1S/C22H15NO3/c24-20-16-8-4-5-9-17(16)21(25)19-12-15(10-11-18(19)20)22(26)23-13-14-6-2-1-3-7-14/h1-12H,13H2,(H,23,26). The summed E-state index contributed by atoms with van der Waals surface area (Å²) in [6.45, 7) is 0.395. The van der Waals surface area contributed by atoms with Gasteiger partial charge < -0.3 is 5.32 Å². The zero-order valence-corrected chi connectivity index (χ0v) is 13.9. The maximum Gasteiger partial charge on any atom is 0.251 e. The van der Waals surface area contributed by atoms with E-state index in [1.807, 2.05) is 30.3 Å². The zero-order chi connectivity index (χ0) is 18.1. The van der Waals surface area contributed by atoms with E-state index in [4.69, 9.17) is 0 Å². The van der Waals surface area contributed by atoms with Crippen LogP contribution in [0.15, 0.2) is 72.8 Å². The smallest absolute Gasteiger partial charge is 0.251 e. The number of nitrogens with one attached hydrogen (secondary N) is 1. The second-order valence-corrected chi connectivity index (χ2v) is 6.13. The van der Waals surface area contributed by atoms with Gasteiger partial charge in [-0.25, -0.2) is 0 Å². The largest absolute Gasteiger partial charge is 0.348 e. The van der Waals surface area contributed by atoms with Gasteiger partial charge in [0, 0.05) is 34.4 Å². The summed E-state index contributed by atoms with van der Waals surface area (Å²) in [6, 6.07) is 21.0. The minimum Gasteiger partial charge on any atom is -0.348 e. The molecule has 1 aliphatic rings. The number of ketones is 2. The third-order valence-electron chi connectivity index (χ3n) is 4.48. The van der Waals surface area contributed by atoms with E-state index >= 15 is 0 Å². The lowest BCUT2D eigenvalue weighted by atomic mass is 9.83. The van der Waals surface area contributed by atoms with Crippen molar-refractivity contribution in [3.05, 3.63) is 106 Å². The van der Waals surface area contributed by atoms with E-state index in [1.165, 1.54) is 6.07 Å². The summed E-state index contributed by atoms with van der Waals surface area (Å²) in [5, 5.41) is 2.83. The minimum atomic E-state index is -0.282. The summed E-state index contributed by atoms with van der Waals surface area (Å²) < 4.78 is 0. The predicted molar refractivity (Wildman–Crippen MR) is 97.4 cm³/mol. The van der Waals surface area contributed by atoms with Crippen LogP contribution in [0.1, 0.15) is 47.8 Å². The van der Waals surface area contributed by atoms with Crippen molar-refractivity contribution in [3.63, 3.8) is 0 Å². The molecule has 126 valence electrons. The fraction of sp³-hybridized carbons (Fsp3) is 0.0455. The van der Waals surface area contributed by atoms with Crippen LogP contribution in [0.25, 0.3) is 0 Å². The Kier molecular flexibility index (Phi) is 3.93. The Bertz CT molecular complexity index is 1040. The lowest BCUT2D eigenvalue weighted by molar-refractivity contribution is 0.0948. The molecule has 1 N–H and O–H groups in total. The third-order valence-corrected chi connectivity index (χ3v) is 4.48. The first-order chi connectivity index (χ1) is 12.6. The van der Waals surface area contributed by atoms with E-state index < -0.39 is 0 Å². The molecule has 0 heterocycles. The highest BCUT2D eigenvalue weighted by Crippen LogP contribution is 2.27. The number of rotatable bonds is 3. The van der Waals surface area contributed by atoms with Crippen molar-refractivity contribution >= 4 is 17.5 Å². The molecular formula is C22H15NO3. The van der Waals surface area contributed by atoms with Gasteiger partial charge in [0.25, 0.3) is 5.91 Å². The molecule has 0 aromatic heterocycles. The monoisotopic (exact) mass is 341 g/mol. The van der Waals surface area contributed by atoms with Crippen molar-refractivity contribution in [1.29, 1.82) is 0 Å². The minimum absolute atomic E-state index is 0.188. The predicted octanol–water partition coefficient (Wildman–Crippen LogP) is 3.39. The summed E-state index contributed by atoms with van der Waals surface area (Å²) in [4.78, 5) is 37.7. The van der Waals surface area contributed by atoms with Crippen molar-refractivity contribution in [3.8, 4) is 0 Å². The van der Waals surface area contributed by atoms with Crippen LogP contribution in [0.3, 0.4) is 0 Å². The Hall–Kier alpha value is -3.53. The third kappa shape index (κ3) is 2.71. The molecule has 0 unspecified atom stereocenters. The van der Waals surface area contributed by atoms with Crippen LogP contribution in [-0.4, -0.2) is 17.5 Å². The summed E-state index contributed by atoms with van der Waals surface area (Å²) in [5.41, 5.74) is 2.76. The van der Waals surface area contributed by atoms with Gasteiger partial charge in [-0.2, -0.15) is 0 Å². The number of hydrogen-bond acceptors (Lipinski definition) is 3. The summed E-state index contributed by atoms with van der Waals surface area (Å²) in [7, 11) is 0. The quantitative estimate of drug-likeness (QED) is 0.621. The molecule has 0 spiro atoms. The van der Waals surface area contributed by atoms with Gasteiger partial charge in [-0.3, -0.25) is 14.4 Å². The molecule has 1 amide bonds. The normalized spacial score (nSPS) is 12.3. The molecule has 0 radical (unpaired) electrons. The number of carbonyl (C=O) groups is 3. The van der Waals surface area contributed by atoms with Crippen LogP contribution < -0.4 is 5.32 Å². The van der Waals surface area contributed by atoms with Gasteiger partial charge in [-0.15, -0.1) is 0 Å². The maximum atomic E-state index is 12.7. The van der Waals surface area contributed by atoms with Crippen molar-refractivity contribution in [2.75, 3.05) is 0 Å². The van der Waals surface area contributed by atoms with E-state index in [2.05, 4.69) is 5.32 Å². The highest BCUT2D eigenvalue weighted by atomic mass is 16.2. The van der Waals surface area contributed by atoms with Crippen LogP contribution in [0.4, 0.5) is 0 Å². The molecule has 3 aromatic rings. The highest BCUT2D eigenvalue weighted by molar-refractivity contribution is 6.28. The Morgan fingerprint density at radius 2 is 1.27 bits per heavy atom. The van der Waals surface area contributed by atoms with E-state index in [9.17, 15) is 14.4 Å². The Morgan fingerprint density at radius 3 is 1.96 bits per heavy atom. The fourth-order valence-electron chi connectivity index (χ4n) is 3.12. The molecule has 0 atom stereocenters. The van der Waals surface area contributed by atoms with Gasteiger partial charge in [0.1, 0.15) is 0 Å². The number of hydrogen-bond donors (Lipinski definition) is 1. The Morgan fingerprint density at radius 1 is 0.692 bits per heavy atom. The Balaban J connectivity index is 1.62. The second-order valence-electron chi connectivity index (χ2n) is 6.13. The summed E-state index contributed by atoms with van der Waals surface area (Å²) in [5.74, 6) is -0.699. The average Bonchev–Trinajstić information content (AvgIpc) is 2.70. The van der Waals surface area contributed by atoms with Gasteiger partial charge in [0.05, 0.1) is 0 Å². The van der Waals surface area contributed by atoms with Crippen LogP contribution >= 0.6 is 0 Å². The molecule has 1 aliphatic carbocycles. The van der Waals surface area contributed by atoms with Crippen LogP contribution in [0.5, 0.6) is 0 Å².